The zero-order valence-corrected chi connectivity index (χ0v) is 28.5. The second kappa shape index (κ2) is 12.5. The van der Waals surface area contributed by atoms with Crippen LogP contribution in [-0.2, 0) is 0 Å². The summed E-state index contributed by atoms with van der Waals surface area (Å²) in [5, 5.41) is 1.25. The maximum Gasteiger partial charge on any atom is 0.131 e. The normalized spacial score (nSPS) is 11.5. The minimum absolute atomic E-state index is 1.09. The van der Waals surface area contributed by atoms with Crippen LogP contribution in [-0.4, -0.2) is 4.57 Å². The number of benzene rings is 8. The lowest BCUT2D eigenvalue weighted by molar-refractivity contribution is 1.07. The quantitative estimate of drug-likeness (QED) is 0.172. The number of fused-ring (bicyclic) bond motifs is 5. The Morgan fingerprint density at radius 1 is 0.327 bits per heavy atom. The summed E-state index contributed by atoms with van der Waals surface area (Å²) in [5.74, 6) is 1.10. The molecule has 1 heterocycles. The molecule has 1 aromatic heterocycles. The van der Waals surface area contributed by atoms with Crippen LogP contribution in [0.1, 0.15) is 0 Å². The fraction of sp³-hybridized carbons (Fsp3) is 0. The van der Waals surface area contributed by atoms with Gasteiger partial charge in [0.2, 0.25) is 0 Å². The third kappa shape index (κ3) is 4.88. The maximum absolute atomic E-state index is 2.49. The van der Waals surface area contributed by atoms with E-state index in [1.54, 1.807) is 0 Å². The van der Waals surface area contributed by atoms with E-state index in [2.05, 4.69) is 216 Å². The van der Waals surface area contributed by atoms with Crippen LogP contribution >= 0.6 is 0 Å². The molecule has 1 aliphatic rings. The van der Waals surface area contributed by atoms with Gasteiger partial charge < -0.3 is 0 Å². The molecule has 2 heteroatoms. The summed E-state index contributed by atoms with van der Waals surface area (Å²) in [6.07, 6.45) is 0. The molecule has 1 aliphatic carbocycles. The van der Waals surface area contributed by atoms with Crippen molar-refractivity contribution in [3.05, 3.63) is 206 Å². The molecular weight excluding hydrogens is 629 g/mol. The van der Waals surface area contributed by atoms with Gasteiger partial charge in [-0.15, -0.1) is 0 Å². The van der Waals surface area contributed by atoms with E-state index in [0.717, 1.165) is 22.9 Å². The average Bonchev–Trinajstić information content (AvgIpc) is 3.50. The molecule has 0 unspecified atom stereocenters. The number of para-hydroxylation sites is 1. The Bertz CT molecular complexity index is 2710. The highest BCUT2D eigenvalue weighted by Gasteiger charge is 2.32. The Morgan fingerprint density at radius 3 is 1.46 bits per heavy atom. The first-order valence-electron chi connectivity index (χ1n) is 17.9. The first kappa shape index (κ1) is 30.0. The van der Waals surface area contributed by atoms with Gasteiger partial charge in [-0.25, -0.2) is 0 Å². The zero-order chi connectivity index (χ0) is 34.4. The monoisotopic (exact) mass is 662 g/mol. The van der Waals surface area contributed by atoms with Crippen LogP contribution in [0.3, 0.4) is 0 Å². The fourth-order valence-corrected chi connectivity index (χ4v) is 8.03. The van der Waals surface area contributed by atoms with Crippen LogP contribution in [0.5, 0.6) is 0 Å². The second-order valence-corrected chi connectivity index (χ2v) is 13.3. The van der Waals surface area contributed by atoms with E-state index in [1.165, 1.54) is 66.5 Å². The van der Waals surface area contributed by atoms with Crippen molar-refractivity contribution in [3.8, 4) is 61.3 Å². The lowest BCUT2D eigenvalue weighted by Gasteiger charge is -2.29. The number of rotatable bonds is 6. The van der Waals surface area contributed by atoms with Gasteiger partial charge >= 0.3 is 0 Å². The van der Waals surface area contributed by atoms with E-state index in [-0.39, 0.29) is 0 Å². The molecule has 0 amide bonds. The molecule has 10 rings (SSSR count). The molecule has 0 atom stereocenters. The molecule has 0 bridgehead atoms. The third-order valence-corrected chi connectivity index (χ3v) is 10.3. The molecule has 2 nitrogen and oxygen atoms in total. The summed E-state index contributed by atoms with van der Waals surface area (Å²) in [7, 11) is 0. The summed E-state index contributed by atoms with van der Waals surface area (Å²) in [6.45, 7) is 0. The topological polar surface area (TPSA) is 8.17 Å². The molecule has 0 spiro atoms. The van der Waals surface area contributed by atoms with Crippen LogP contribution in [0.25, 0.3) is 72.2 Å². The van der Waals surface area contributed by atoms with E-state index >= 15 is 0 Å². The van der Waals surface area contributed by atoms with Gasteiger partial charge in [0.25, 0.3) is 0 Å². The highest BCUT2D eigenvalue weighted by molar-refractivity contribution is 6.18. The predicted octanol–water partition coefficient (Wildman–Crippen LogP) is 13.7. The highest BCUT2D eigenvalue weighted by Crippen LogP contribution is 2.55. The molecule has 8 aromatic carbocycles. The van der Waals surface area contributed by atoms with Crippen molar-refractivity contribution in [2.24, 2.45) is 0 Å². The van der Waals surface area contributed by atoms with Gasteiger partial charge in [0.15, 0.2) is 0 Å². The maximum atomic E-state index is 2.49. The van der Waals surface area contributed by atoms with Gasteiger partial charge in [-0.05, 0) is 92.5 Å². The number of aromatic nitrogens is 1. The van der Waals surface area contributed by atoms with Crippen molar-refractivity contribution >= 4 is 28.1 Å². The summed E-state index contributed by atoms with van der Waals surface area (Å²) in [4.78, 5) is 2.45. The first-order valence-corrected chi connectivity index (χ1v) is 17.9. The van der Waals surface area contributed by atoms with Crippen molar-refractivity contribution in [3.63, 3.8) is 0 Å². The smallest absolute Gasteiger partial charge is 0.131 e. The fourth-order valence-electron chi connectivity index (χ4n) is 8.03. The van der Waals surface area contributed by atoms with Crippen LogP contribution < -0.4 is 4.90 Å². The van der Waals surface area contributed by atoms with E-state index < -0.39 is 0 Å². The first-order chi connectivity index (χ1) is 25.8. The van der Waals surface area contributed by atoms with Gasteiger partial charge in [0.05, 0.1) is 5.52 Å². The number of hydrogen-bond acceptors (Lipinski definition) is 1. The average molecular weight is 663 g/mol. The Morgan fingerprint density at radius 2 is 0.788 bits per heavy atom. The van der Waals surface area contributed by atoms with Gasteiger partial charge in [0, 0.05) is 28.0 Å². The van der Waals surface area contributed by atoms with Crippen LogP contribution in [0, 0.1) is 0 Å². The molecule has 244 valence electrons. The van der Waals surface area contributed by atoms with Gasteiger partial charge in [-0.2, -0.15) is 0 Å². The van der Waals surface area contributed by atoms with Gasteiger partial charge in [-0.3, -0.25) is 9.47 Å². The summed E-state index contributed by atoms with van der Waals surface area (Å²) in [5.41, 5.74) is 16.7. The van der Waals surface area contributed by atoms with Crippen molar-refractivity contribution in [1.82, 2.24) is 4.57 Å². The minimum atomic E-state index is 1.09. The predicted molar refractivity (Wildman–Crippen MR) is 219 cm³/mol. The van der Waals surface area contributed by atoms with Gasteiger partial charge in [0.1, 0.15) is 5.82 Å². The molecule has 0 radical (unpaired) electrons. The van der Waals surface area contributed by atoms with Crippen LogP contribution in [0.4, 0.5) is 17.2 Å². The van der Waals surface area contributed by atoms with Crippen molar-refractivity contribution in [1.29, 1.82) is 0 Å². The van der Waals surface area contributed by atoms with Crippen molar-refractivity contribution < 1.29 is 0 Å². The second-order valence-electron chi connectivity index (χ2n) is 13.3. The zero-order valence-electron chi connectivity index (χ0n) is 28.5. The molecule has 0 aliphatic heterocycles. The SMILES string of the molecule is c1ccc(-c2ccc(N(c3ccccc3)c3c4c5c(cccc5n3-c3cccc(-c5ccccc5)c3)-c3ccccc3-c3ccccc3-4)cc2)cc1. The Kier molecular flexibility index (Phi) is 7.18. The summed E-state index contributed by atoms with van der Waals surface area (Å²) in [6, 6.07) is 74.7. The Labute approximate surface area is 304 Å². The number of nitrogens with zero attached hydrogens (tertiary/aromatic N) is 2. The molecule has 0 N–H and O–H groups in total. The van der Waals surface area contributed by atoms with E-state index in [0.29, 0.717) is 0 Å². The molecule has 0 fully saturated rings. The lowest BCUT2D eigenvalue weighted by Crippen LogP contribution is -2.15. The molecular formula is C50H34N2. The van der Waals surface area contributed by atoms with Gasteiger partial charge in [-0.1, -0.05) is 164 Å². The Balaban J connectivity index is 1.34. The third-order valence-electron chi connectivity index (χ3n) is 10.3. The summed E-state index contributed by atoms with van der Waals surface area (Å²) < 4.78 is 2.49. The lowest BCUT2D eigenvalue weighted by atomic mass is 9.94. The highest BCUT2D eigenvalue weighted by atomic mass is 15.3. The molecule has 9 aromatic rings. The minimum Gasteiger partial charge on any atom is -0.296 e. The molecule has 52 heavy (non-hydrogen) atoms. The van der Waals surface area contributed by atoms with E-state index in [9.17, 15) is 0 Å². The van der Waals surface area contributed by atoms with Crippen LogP contribution in [0.15, 0.2) is 206 Å². The standard InChI is InChI=1S/C50H34N2/c1-4-16-35(17-5-1)37-30-32-40(33-31-37)51(39-21-8-3-9-22-39)50-49-46-27-13-12-26-44(46)42-24-10-11-25-43(42)45-28-15-29-47(48(45)49)52(50)41-23-14-20-38(34-41)36-18-6-2-7-19-36/h1-34H. The largest absolute Gasteiger partial charge is 0.296 e. The number of anilines is 3. The molecule has 0 saturated heterocycles. The van der Waals surface area contributed by atoms with E-state index in [4.69, 9.17) is 0 Å². The summed E-state index contributed by atoms with van der Waals surface area (Å²) >= 11 is 0. The Hall–Kier alpha value is -6.90. The van der Waals surface area contributed by atoms with Crippen molar-refractivity contribution in [2.75, 3.05) is 4.90 Å². The van der Waals surface area contributed by atoms with Crippen molar-refractivity contribution in [2.45, 2.75) is 0 Å². The number of hydrogen-bond donors (Lipinski definition) is 0. The van der Waals surface area contributed by atoms with Crippen LogP contribution in [0.2, 0.25) is 0 Å². The molecule has 0 saturated carbocycles. The van der Waals surface area contributed by atoms with E-state index in [1.807, 2.05) is 0 Å².